The van der Waals surface area contributed by atoms with E-state index in [4.69, 9.17) is 0 Å². The summed E-state index contributed by atoms with van der Waals surface area (Å²) in [6.45, 7) is 0. The first-order valence-electron chi connectivity index (χ1n) is 2.22. The van der Waals surface area contributed by atoms with Crippen LogP contribution in [0.5, 0.6) is 0 Å². The lowest BCUT2D eigenvalue weighted by molar-refractivity contribution is 0.504. The van der Waals surface area contributed by atoms with Gasteiger partial charge >= 0.3 is 0 Å². The van der Waals surface area contributed by atoms with Crippen molar-refractivity contribution in [3.05, 3.63) is 0 Å². The standard InChI is InChI=1S/C4H7.BrH.Mg/c1-2-4-3-1;;/h1H,2-4H2;1H;. The smallest absolute Gasteiger partial charge is 0.166 e. The Balaban J connectivity index is 0.000000250. The van der Waals surface area contributed by atoms with Crippen molar-refractivity contribution in [2.24, 2.45) is 0 Å². The Labute approximate surface area is 61.9 Å². The second-order valence-electron chi connectivity index (χ2n) is 1.80. The van der Waals surface area contributed by atoms with Crippen LogP contribution >= 0.6 is 17.0 Å². The molecule has 0 atom stereocenters. The van der Waals surface area contributed by atoms with Crippen LogP contribution in [0.15, 0.2) is 0 Å². The molecule has 1 aliphatic carbocycles. The van der Waals surface area contributed by atoms with Crippen LogP contribution in [0.3, 0.4) is 0 Å². The Morgan fingerprint density at radius 3 is 1.67 bits per heavy atom. The number of halogens is 1. The summed E-state index contributed by atoms with van der Waals surface area (Å²) in [6, 6.07) is 0. The van der Waals surface area contributed by atoms with Crippen molar-refractivity contribution in [1.82, 2.24) is 0 Å². The van der Waals surface area contributed by atoms with E-state index in [1.54, 1.807) is 0 Å². The van der Waals surface area contributed by atoms with Crippen molar-refractivity contribution in [2.75, 3.05) is 0 Å². The molecule has 6 heavy (non-hydrogen) atoms. The van der Waals surface area contributed by atoms with Crippen molar-refractivity contribution in [2.45, 2.75) is 23.3 Å². The third-order valence-electron chi connectivity index (χ3n) is 1.22. The third kappa shape index (κ3) is 1.80. The van der Waals surface area contributed by atoms with Gasteiger partial charge in [0.15, 0.2) is 0 Å². The van der Waals surface area contributed by atoms with Gasteiger partial charge in [0.2, 0.25) is 21.7 Å². The predicted octanol–water partition coefficient (Wildman–Crippen LogP) is 1.71. The van der Waals surface area contributed by atoms with Gasteiger partial charge < -0.3 is 0 Å². The molecule has 0 aromatic carbocycles. The molecule has 1 radical (unpaired) electrons. The first kappa shape index (κ1) is 7.25. The Bertz CT molecular complexity index is 34.5. The molecule has 1 saturated carbocycles. The molecule has 0 amide bonds. The number of rotatable bonds is 0. The van der Waals surface area contributed by atoms with Crippen LogP contribution in [0.4, 0.5) is 0 Å². The van der Waals surface area contributed by atoms with Gasteiger partial charge in [0.1, 0.15) is 0 Å². The van der Waals surface area contributed by atoms with Crippen molar-refractivity contribution in [1.29, 1.82) is 0 Å². The summed E-state index contributed by atoms with van der Waals surface area (Å²) in [5.41, 5.74) is 0. The average Bonchev–Trinajstić information content (AvgIpc) is 1.30. The van der Waals surface area contributed by atoms with E-state index < -0.39 is 0 Å². The van der Waals surface area contributed by atoms with Crippen molar-refractivity contribution < 1.29 is 0 Å². The fourth-order valence-corrected chi connectivity index (χ4v) is 1.07. The van der Waals surface area contributed by atoms with Crippen LogP contribution < -0.4 is 0 Å². The zero-order valence-electron chi connectivity index (χ0n) is 3.81. The van der Waals surface area contributed by atoms with Crippen LogP contribution in [0.25, 0.3) is 0 Å². The minimum atomic E-state index is 0. The van der Waals surface area contributed by atoms with Crippen LogP contribution in [-0.2, 0) is 0 Å². The highest BCUT2D eigenvalue weighted by atomic mass is 79.9. The molecule has 0 nitrogen and oxygen atoms in total. The maximum Gasteiger partial charge on any atom is 0.227 e. The molecule has 33 valence electrons. The Kier molecular flexibility index (Phi) is 3.95. The van der Waals surface area contributed by atoms with Crippen molar-refractivity contribution >= 4 is 38.7 Å². The minimum Gasteiger partial charge on any atom is -0.166 e. The van der Waals surface area contributed by atoms with Crippen LogP contribution in [0.1, 0.15) is 19.3 Å². The molecule has 0 bridgehead atoms. The summed E-state index contributed by atoms with van der Waals surface area (Å²) in [5, 5.41) is 0. The molecule has 1 fully saturated rings. The second kappa shape index (κ2) is 3.27. The maximum atomic E-state index is 2.14. The lowest BCUT2D eigenvalue weighted by Gasteiger charge is -2.22. The fraction of sp³-hybridized carbons (Fsp3) is 1.00. The highest BCUT2D eigenvalue weighted by Gasteiger charge is 2.06. The van der Waals surface area contributed by atoms with E-state index in [9.17, 15) is 0 Å². The predicted molar refractivity (Wildman–Crippen MR) is 33.7 cm³/mol. The summed E-state index contributed by atoms with van der Waals surface area (Å²) >= 11 is 2.14. The highest BCUT2D eigenvalue weighted by molar-refractivity contribution is 8.93. The molecular formula is C4H8BrMg. The Morgan fingerprint density at radius 2 is 1.67 bits per heavy atom. The molecule has 0 aromatic rings. The molecule has 0 N–H and O–H groups in total. The lowest BCUT2D eigenvalue weighted by atomic mass is 9.99. The quantitative estimate of drug-likeness (QED) is 0.473. The summed E-state index contributed by atoms with van der Waals surface area (Å²) in [4.78, 5) is 0. The average molecular weight is 160 g/mol. The topological polar surface area (TPSA) is 0 Å². The van der Waals surface area contributed by atoms with Gasteiger partial charge in [0.25, 0.3) is 0 Å². The van der Waals surface area contributed by atoms with Crippen LogP contribution in [0, 0.1) is 0 Å². The molecule has 0 aliphatic heterocycles. The van der Waals surface area contributed by atoms with E-state index >= 15 is 0 Å². The van der Waals surface area contributed by atoms with Gasteiger partial charge in [-0.25, -0.2) is 0 Å². The van der Waals surface area contributed by atoms with E-state index in [1.165, 1.54) is 19.3 Å². The summed E-state index contributed by atoms with van der Waals surface area (Å²) in [7, 11) is 0. The highest BCUT2D eigenvalue weighted by Crippen LogP contribution is 2.27. The largest absolute Gasteiger partial charge is 0.227 e. The monoisotopic (exact) mass is 159 g/mol. The van der Waals surface area contributed by atoms with E-state index in [2.05, 4.69) is 21.7 Å². The van der Waals surface area contributed by atoms with Gasteiger partial charge in [-0.15, -0.1) is 17.0 Å². The van der Waals surface area contributed by atoms with Crippen LogP contribution in [0.2, 0.25) is 4.05 Å². The van der Waals surface area contributed by atoms with Gasteiger partial charge in [0.05, 0.1) is 0 Å². The molecule has 0 aromatic heterocycles. The maximum absolute atomic E-state index is 2.14. The van der Waals surface area contributed by atoms with E-state index in [1.807, 2.05) is 0 Å². The molecule has 0 saturated heterocycles. The zero-order chi connectivity index (χ0) is 3.70. The van der Waals surface area contributed by atoms with Crippen molar-refractivity contribution in [3.8, 4) is 0 Å². The van der Waals surface area contributed by atoms with E-state index in [0.717, 1.165) is 4.05 Å². The SMILES string of the molecule is Br.[Mg][CH]1CCC1. The molecular weight excluding hydrogens is 152 g/mol. The summed E-state index contributed by atoms with van der Waals surface area (Å²) in [5.74, 6) is 0. The summed E-state index contributed by atoms with van der Waals surface area (Å²) < 4.78 is 1.09. The molecule has 0 unspecified atom stereocenters. The number of hydrogen-bond acceptors (Lipinski definition) is 0. The molecule has 1 aliphatic rings. The van der Waals surface area contributed by atoms with E-state index in [-0.39, 0.29) is 17.0 Å². The first-order chi connectivity index (χ1) is 2.39. The van der Waals surface area contributed by atoms with Gasteiger partial charge in [-0.2, -0.15) is 4.05 Å². The Morgan fingerprint density at radius 1 is 1.33 bits per heavy atom. The number of hydrogen-bond donors (Lipinski definition) is 0. The van der Waals surface area contributed by atoms with Gasteiger partial charge in [-0.1, -0.05) is 19.3 Å². The van der Waals surface area contributed by atoms with Gasteiger partial charge in [-0.3, -0.25) is 0 Å². The lowest BCUT2D eigenvalue weighted by Crippen LogP contribution is -2.02. The minimum absolute atomic E-state index is 0. The molecule has 2 heteroatoms. The molecule has 0 spiro atoms. The molecule has 0 heterocycles. The second-order valence-corrected chi connectivity index (χ2v) is 2.95. The van der Waals surface area contributed by atoms with Crippen LogP contribution in [-0.4, -0.2) is 21.7 Å². The molecule has 1 rings (SSSR count). The fourth-order valence-electron chi connectivity index (χ4n) is 0.493. The van der Waals surface area contributed by atoms with E-state index in [0.29, 0.717) is 0 Å². The zero-order valence-corrected chi connectivity index (χ0v) is 6.94. The van der Waals surface area contributed by atoms with Gasteiger partial charge in [-0.05, 0) is 0 Å². The normalized spacial score (nSPS) is 21.2. The Hall–Kier alpha value is 1.25. The van der Waals surface area contributed by atoms with Gasteiger partial charge in [0, 0.05) is 0 Å². The van der Waals surface area contributed by atoms with Crippen molar-refractivity contribution in [3.63, 3.8) is 0 Å². The first-order valence-corrected chi connectivity index (χ1v) is 3.04. The third-order valence-corrected chi connectivity index (χ3v) is 2.04. The summed E-state index contributed by atoms with van der Waals surface area (Å²) in [6.07, 6.45) is 4.49.